The molecule has 1 fully saturated rings. The van der Waals surface area contributed by atoms with E-state index in [0.717, 1.165) is 29.5 Å². The fourth-order valence-corrected chi connectivity index (χ4v) is 6.11. The number of anilines is 2. The number of sulfonamides is 1. The van der Waals surface area contributed by atoms with Crippen LogP contribution in [0.5, 0.6) is 5.75 Å². The van der Waals surface area contributed by atoms with Crippen LogP contribution >= 0.6 is 11.6 Å². The summed E-state index contributed by atoms with van der Waals surface area (Å²) in [5, 5.41) is 10.4. The van der Waals surface area contributed by atoms with Gasteiger partial charge in [0.05, 0.1) is 28.8 Å². The minimum atomic E-state index is -4.98. The maximum Gasteiger partial charge on any atom is 0.355 e. The number of aromatic nitrogens is 5. The number of nitrogens with zero attached hydrogens (tertiary/aromatic N) is 5. The molecule has 1 saturated heterocycles. The van der Waals surface area contributed by atoms with Gasteiger partial charge in [0.1, 0.15) is 23.4 Å². The molecule has 6 rings (SSSR count). The molecule has 0 aliphatic carbocycles. The fraction of sp³-hybridized carbons (Fsp3) is 0.300. The summed E-state index contributed by atoms with van der Waals surface area (Å²) in [6.45, 7) is 3.11. The zero-order valence-corrected chi connectivity index (χ0v) is 25.9. The van der Waals surface area contributed by atoms with Crippen molar-refractivity contribution in [2.45, 2.75) is 37.7 Å². The summed E-state index contributed by atoms with van der Waals surface area (Å²) in [7, 11) is -3.20. The summed E-state index contributed by atoms with van der Waals surface area (Å²) in [6, 6.07) is 11.6. The molecular weight excluding hydrogens is 628 g/mol. The highest BCUT2D eigenvalue weighted by Crippen LogP contribution is 2.40. The third-order valence-electron chi connectivity index (χ3n) is 7.75. The quantitative estimate of drug-likeness (QED) is 0.191. The standard InChI is InChI=1S/C30H30ClF2N7O4S/c1-17(18-3-6-21(31)7-4-18)44-25-13-19(5-8-24(25)38-45(41,42)30(32)33)27-26-28(39(2)37-27)23(15-35-29(26)34)20-14-36-40(16-20)22-9-11-43-12-10-22/h3-8,13-17,22,30,38H,9-12H2,1-2H3,(H2,34,35)/t17-/m0/s1. The normalized spacial score (nSPS) is 15.1. The van der Waals surface area contributed by atoms with Crippen LogP contribution < -0.4 is 15.2 Å². The topological polar surface area (TPSA) is 139 Å². The highest BCUT2D eigenvalue weighted by molar-refractivity contribution is 7.93. The van der Waals surface area contributed by atoms with Gasteiger partial charge in [-0.25, -0.2) is 13.4 Å². The maximum absolute atomic E-state index is 13.3. The van der Waals surface area contributed by atoms with Crippen molar-refractivity contribution >= 4 is 44.0 Å². The van der Waals surface area contributed by atoms with Crippen molar-refractivity contribution in [1.29, 1.82) is 0 Å². The van der Waals surface area contributed by atoms with Gasteiger partial charge in [-0.15, -0.1) is 0 Å². The first-order chi connectivity index (χ1) is 21.5. The molecule has 1 aliphatic rings. The van der Waals surface area contributed by atoms with Gasteiger partial charge >= 0.3 is 5.76 Å². The molecule has 0 amide bonds. The zero-order valence-electron chi connectivity index (χ0n) is 24.3. The molecule has 5 aromatic rings. The number of pyridine rings is 1. The van der Waals surface area contributed by atoms with Gasteiger partial charge in [-0.1, -0.05) is 29.8 Å². The third kappa shape index (κ3) is 6.17. The number of fused-ring (bicyclic) bond motifs is 1. The number of rotatable bonds is 9. The monoisotopic (exact) mass is 657 g/mol. The van der Waals surface area contributed by atoms with Crippen molar-refractivity contribution in [2.24, 2.45) is 7.05 Å². The lowest BCUT2D eigenvalue weighted by molar-refractivity contribution is 0.0662. The molecule has 0 unspecified atom stereocenters. The lowest BCUT2D eigenvalue weighted by Crippen LogP contribution is -2.21. The smallest absolute Gasteiger partial charge is 0.355 e. The van der Waals surface area contributed by atoms with Crippen molar-refractivity contribution in [3.05, 3.63) is 71.6 Å². The van der Waals surface area contributed by atoms with Crippen LogP contribution in [0, 0.1) is 0 Å². The summed E-state index contributed by atoms with van der Waals surface area (Å²) < 4.78 is 68.0. The number of hydrogen-bond donors (Lipinski definition) is 2. The molecule has 0 saturated carbocycles. The largest absolute Gasteiger partial charge is 0.484 e. The molecule has 15 heteroatoms. The first-order valence-corrected chi connectivity index (χ1v) is 16.0. The molecule has 0 bridgehead atoms. The van der Waals surface area contributed by atoms with Crippen LogP contribution in [0.25, 0.3) is 33.3 Å². The molecule has 3 N–H and O–H groups in total. The van der Waals surface area contributed by atoms with Gasteiger partial charge in [-0.05, 0) is 49.6 Å². The van der Waals surface area contributed by atoms with E-state index < -0.39 is 21.9 Å². The molecule has 45 heavy (non-hydrogen) atoms. The Labute approximate surface area is 263 Å². The van der Waals surface area contributed by atoms with Crippen LogP contribution in [0.2, 0.25) is 5.02 Å². The number of aryl methyl sites for hydroxylation is 1. The third-order valence-corrected chi connectivity index (χ3v) is 8.98. The average Bonchev–Trinajstić information content (AvgIpc) is 3.65. The highest BCUT2D eigenvalue weighted by atomic mass is 35.5. The number of nitrogens with one attached hydrogen (secondary N) is 1. The minimum Gasteiger partial charge on any atom is -0.484 e. The van der Waals surface area contributed by atoms with Gasteiger partial charge in [0.15, 0.2) is 0 Å². The Hall–Kier alpha value is -4.27. The molecule has 1 aliphatic heterocycles. The van der Waals surface area contributed by atoms with Crippen molar-refractivity contribution in [1.82, 2.24) is 24.5 Å². The zero-order chi connectivity index (χ0) is 31.9. The fourth-order valence-electron chi connectivity index (χ4n) is 5.42. The highest BCUT2D eigenvalue weighted by Gasteiger charge is 2.27. The molecule has 3 aromatic heterocycles. The Morgan fingerprint density at radius 2 is 1.84 bits per heavy atom. The second-order valence-corrected chi connectivity index (χ2v) is 12.8. The Morgan fingerprint density at radius 3 is 2.56 bits per heavy atom. The summed E-state index contributed by atoms with van der Waals surface area (Å²) in [4.78, 5) is 4.46. The van der Waals surface area contributed by atoms with Crippen LogP contribution in [0.15, 0.2) is 61.1 Å². The number of halogens is 3. The van der Waals surface area contributed by atoms with Gasteiger partial charge < -0.3 is 15.2 Å². The van der Waals surface area contributed by atoms with E-state index in [9.17, 15) is 17.2 Å². The van der Waals surface area contributed by atoms with Crippen LogP contribution in [-0.2, 0) is 21.8 Å². The lowest BCUT2D eigenvalue weighted by atomic mass is 10.0. The van der Waals surface area contributed by atoms with Gasteiger partial charge in [0, 0.05) is 54.4 Å². The number of hydrogen-bond acceptors (Lipinski definition) is 8. The first-order valence-electron chi connectivity index (χ1n) is 14.1. The van der Waals surface area contributed by atoms with Crippen molar-refractivity contribution in [2.75, 3.05) is 23.7 Å². The van der Waals surface area contributed by atoms with Gasteiger partial charge in [0.25, 0.3) is 10.0 Å². The predicted octanol–water partition coefficient (Wildman–Crippen LogP) is 6.19. The first kappa shape index (κ1) is 30.7. The summed E-state index contributed by atoms with van der Waals surface area (Å²) in [5.41, 5.74) is 10.3. The Balaban J connectivity index is 1.43. The van der Waals surface area contributed by atoms with E-state index >= 15 is 0 Å². The van der Waals surface area contributed by atoms with Gasteiger partial charge in [0.2, 0.25) is 0 Å². The van der Waals surface area contributed by atoms with Crippen molar-refractivity contribution in [3.8, 4) is 28.1 Å². The maximum atomic E-state index is 13.3. The van der Waals surface area contributed by atoms with Crippen LogP contribution in [-0.4, -0.2) is 51.9 Å². The van der Waals surface area contributed by atoms with Gasteiger partial charge in [-0.3, -0.25) is 14.1 Å². The lowest BCUT2D eigenvalue weighted by Gasteiger charge is -2.22. The number of nitrogens with two attached hydrogens (primary N) is 1. The molecule has 11 nitrogen and oxygen atoms in total. The average molecular weight is 658 g/mol. The van der Waals surface area contributed by atoms with E-state index in [4.69, 9.17) is 31.9 Å². The predicted molar refractivity (Wildman–Crippen MR) is 168 cm³/mol. The molecular formula is C30H30ClF2N7O4S. The molecule has 1 atom stereocenters. The second-order valence-electron chi connectivity index (χ2n) is 10.7. The van der Waals surface area contributed by atoms with E-state index in [2.05, 4.69) is 10.1 Å². The second kappa shape index (κ2) is 12.3. The van der Waals surface area contributed by atoms with Crippen molar-refractivity contribution in [3.63, 3.8) is 0 Å². The van der Waals surface area contributed by atoms with E-state index in [1.54, 1.807) is 61.4 Å². The summed E-state index contributed by atoms with van der Waals surface area (Å²) in [5.74, 6) is -3.40. The molecule has 4 heterocycles. The summed E-state index contributed by atoms with van der Waals surface area (Å²) in [6.07, 6.45) is 6.58. The van der Waals surface area contributed by atoms with Crippen molar-refractivity contribution < 1.29 is 26.7 Å². The number of ether oxygens (including phenoxy) is 2. The van der Waals surface area contributed by atoms with Crippen LogP contribution in [0.4, 0.5) is 20.3 Å². The van der Waals surface area contributed by atoms with E-state index in [1.165, 1.54) is 12.1 Å². The summed E-state index contributed by atoms with van der Waals surface area (Å²) >= 11 is 6.02. The molecule has 0 spiro atoms. The van der Waals surface area contributed by atoms with Crippen LogP contribution in [0.1, 0.15) is 37.5 Å². The van der Waals surface area contributed by atoms with Gasteiger partial charge in [-0.2, -0.15) is 19.0 Å². The molecule has 236 valence electrons. The number of benzene rings is 2. The van der Waals surface area contributed by atoms with E-state index in [1.807, 2.05) is 15.6 Å². The van der Waals surface area contributed by atoms with E-state index in [0.29, 0.717) is 40.4 Å². The molecule has 2 aromatic carbocycles. The Morgan fingerprint density at radius 1 is 1.11 bits per heavy atom. The number of alkyl halides is 2. The minimum absolute atomic E-state index is 0.0124. The Bertz CT molecular complexity index is 1960. The van der Waals surface area contributed by atoms with Crippen LogP contribution in [0.3, 0.4) is 0 Å². The van der Waals surface area contributed by atoms with E-state index in [-0.39, 0.29) is 23.3 Å². The Kier molecular flexibility index (Phi) is 8.37. The SMILES string of the molecule is C[C@H](Oc1cc(-c2nn(C)c3c(-c4cnn(C5CCOCC5)c4)cnc(N)c23)ccc1NS(=O)(=O)C(F)F)c1ccc(Cl)cc1. The molecule has 0 radical (unpaired) electrons. The number of nitrogen functional groups attached to an aromatic ring is 1.